The molecular weight excluding hydrogens is 318 g/mol. The van der Waals surface area contributed by atoms with E-state index in [2.05, 4.69) is 78.7 Å². The molecule has 0 aliphatic carbocycles. The summed E-state index contributed by atoms with van der Waals surface area (Å²) in [6, 6.07) is 23.1. The second-order valence-corrected chi connectivity index (χ2v) is 6.37. The van der Waals surface area contributed by atoms with Crippen LogP contribution < -0.4 is 5.32 Å². The smallest absolute Gasteiger partial charge is 0.135 e. The summed E-state index contributed by atoms with van der Waals surface area (Å²) in [6.45, 7) is 5.00. The highest BCUT2D eigenvalue weighted by Crippen LogP contribution is 2.35. The molecule has 0 bridgehead atoms. The summed E-state index contributed by atoms with van der Waals surface area (Å²) < 4.78 is 0. The summed E-state index contributed by atoms with van der Waals surface area (Å²) in [5, 5.41) is 4.39. The summed E-state index contributed by atoms with van der Waals surface area (Å²) >= 11 is 0. The van der Waals surface area contributed by atoms with Gasteiger partial charge < -0.3 is 5.32 Å². The van der Waals surface area contributed by atoms with E-state index in [1.54, 1.807) is 0 Å². The molecule has 0 fully saturated rings. The molecule has 128 valence electrons. The molecule has 2 heterocycles. The van der Waals surface area contributed by atoms with Crippen LogP contribution in [0.4, 0.5) is 5.82 Å². The van der Waals surface area contributed by atoms with E-state index in [4.69, 9.17) is 4.98 Å². The van der Waals surface area contributed by atoms with Crippen LogP contribution in [0, 0.1) is 6.92 Å². The Morgan fingerprint density at radius 1 is 0.885 bits per heavy atom. The predicted molar refractivity (Wildman–Crippen MR) is 109 cm³/mol. The number of rotatable bonds is 4. The Labute approximate surface area is 153 Å². The van der Waals surface area contributed by atoms with Gasteiger partial charge in [-0.15, -0.1) is 0 Å². The number of nitrogens with one attached hydrogen (secondary N) is 1. The molecule has 0 aliphatic rings. The lowest BCUT2D eigenvalue weighted by molar-refractivity contribution is 1.17. The first-order valence-electron chi connectivity index (χ1n) is 8.92. The molecule has 0 aliphatic heterocycles. The molecule has 0 spiro atoms. The van der Waals surface area contributed by atoms with Crippen LogP contribution in [0.1, 0.15) is 12.5 Å². The first-order valence-corrected chi connectivity index (χ1v) is 8.92. The van der Waals surface area contributed by atoms with E-state index in [1.165, 1.54) is 5.56 Å². The van der Waals surface area contributed by atoms with Gasteiger partial charge in [-0.25, -0.2) is 9.97 Å². The molecule has 4 aromatic rings. The topological polar surface area (TPSA) is 37.8 Å². The van der Waals surface area contributed by atoms with Gasteiger partial charge >= 0.3 is 0 Å². The molecular formula is C23H21N3. The van der Waals surface area contributed by atoms with Crippen LogP contribution in [-0.2, 0) is 0 Å². The highest BCUT2D eigenvalue weighted by Gasteiger charge is 2.13. The number of aromatic nitrogens is 2. The minimum atomic E-state index is 0.826. The predicted octanol–water partition coefficient (Wildman–Crippen LogP) is 5.70. The van der Waals surface area contributed by atoms with Gasteiger partial charge in [0.2, 0.25) is 0 Å². The molecule has 3 nitrogen and oxygen atoms in total. The zero-order valence-corrected chi connectivity index (χ0v) is 15.0. The Morgan fingerprint density at radius 3 is 2.38 bits per heavy atom. The first kappa shape index (κ1) is 16.3. The fourth-order valence-corrected chi connectivity index (χ4v) is 3.17. The molecule has 0 radical (unpaired) electrons. The highest BCUT2D eigenvalue weighted by molar-refractivity contribution is 5.96. The largest absolute Gasteiger partial charge is 0.370 e. The minimum Gasteiger partial charge on any atom is -0.370 e. The van der Waals surface area contributed by atoms with E-state index < -0.39 is 0 Å². The molecule has 3 heteroatoms. The van der Waals surface area contributed by atoms with E-state index in [1.807, 2.05) is 18.3 Å². The van der Waals surface area contributed by atoms with E-state index in [0.717, 1.165) is 45.6 Å². The number of nitrogens with zero attached hydrogens (tertiary/aromatic N) is 2. The zero-order chi connectivity index (χ0) is 17.9. The molecule has 2 aromatic heterocycles. The van der Waals surface area contributed by atoms with Crippen LogP contribution >= 0.6 is 0 Å². The lowest BCUT2D eigenvalue weighted by Gasteiger charge is -2.14. The van der Waals surface area contributed by atoms with E-state index in [9.17, 15) is 0 Å². The maximum atomic E-state index is 5.01. The van der Waals surface area contributed by atoms with Crippen LogP contribution in [0.2, 0.25) is 0 Å². The SMILES string of the molecule is CCNc1nccc2nc(-c3ccc(C)cc3)c(-c3ccccc3)cc12. The van der Waals surface area contributed by atoms with E-state index in [-0.39, 0.29) is 0 Å². The van der Waals surface area contributed by atoms with Crippen molar-refractivity contribution in [2.45, 2.75) is 13.8 Å². The van der Waals surface area contributed by atoms with Gasteiger partial charge in [0.1, 0.15) is 5.82 Å². The number of hydrogen-bond donors (Lipinski definition) is 1. The summed E-state index contributed by atoms with van der Waals surface area (Å²) in [6.07, 6.45) is 1.81. The van der Waals surface area contributed by atoms with Gasteiger partial charge in [0.15, 0.2) is 0 Å². The standard InChI is InChI=1S/C23H21N3/c1-3-24-23-20-15-19(17-7-5-4-6-8-17)22(26-21(20)13-14-25-23)18-11-9-16(2)10-12-18/h4-15H,3H2,1-2H3,(H,24,25). The van der Waals surface area contributed by atoms with Crippen molar-refractivity contribution >= 4 is 16.7 Å². The molecule has 0 atom stereocenters. The molecule has 26 heavy (non-hydrogen) atoms. The Bertz CT molecular complexity index is 1040. The molecule has 2 aromatic carbocycles. The number of fused-ring (bicyclic) bond motifs is 1. The molecule has 0 amide bonds. The summed E-state index contributed by atoms with van der Waals surface area (Å²) in [7, 11) is 0. The van der Waals surface area contributed by atoms with Gasteiger partial charge in [0.25, 0.3) is 0 Å². The second-order valence-electron chi connectivity index (χ2n) is 6.37. The van der Waals surface area contributed by atoms with E-state index >= 15 is 0 Å². The molecule has 1 N–H and O–H groups in total. The first-order chi connectivity index (χ1) is 12.8. The van der Waals surface area contributed by atoms with Gasteiger partial charge in [-0.1, -0.05) is 60.2 Å². The van der Waals surface area contributed by atoms with Gasteiger partial charge in [0, 0.05) is 29.3 Å². The van der Waals surface area contributed by atoms with Crippen molar-refractivity contribution in [1.82, 2.24) is 9.97 Å². The van der Waals surface area contributed by atoms with Crippen LogP contribution in [0.3, 0.4) is 0 Å². The van der Waals surface area contributed by atoms with Crippen molar-refractivity contribution in [1.29, 1.82) is 0 Å². The van der Waals surface area contributed by atoms with Crippen molar-refractivity contribution in [3.63, 3.8) is 0 Å². The maximum Gasteiger partial charge on any atom is 0.135 e. The van der Waals surface area contributed by atoms with Crippen LogP contribution in [0.5, 0.6) is 0 Å². The van der Waals surface area contributed by atoms with Gasteiger partial charge in [-0.3, -0.25) is 0 Å². The number of aryl methyl sites for hydroxylation is 1. The summed E-state index contributed by atoms with van der Waals surface area (Å²) in [5.74, 6) is 0.880. The van der Waals surface area contributed by atoms with Crippen LogP contribution in [-0.4, -0.2) is 16.5 Å². The molecule has 0 saturated heterocycles. The maximum absolute atomic E-state index is 5.01. The summed E-state index contributed by atoms with van der Waals surface area (Å²) in [4.78, 5) is 9.51. The lowest BCUT2D eigenvalue weighted by atomic mass is 9.97. The average molecular weight is 339 g/mol. The third kappa shape index (κ3) is 3.04. The number of hydrogen-bond acceptors (Lipinski definition) is 3. The van der Waals surface area contributed by atoms with Crippen LogP contribution in [0.25, 0.3) is 33.3 Å². The lowest BCUT2D eigenvalue weighted by Crippen LogP contribution is -2.01. The molecule has 0 unspecified atom stereocenters. The van der Waals surface area contributed by atoms with Crippen molar-refractivity contribution in [3.05, 3.63) is 78.5 Å². The Kier molecular flexibility index (Phi) is 4.36. The normalized spacial score (nSPS) is 10.8. The quantitative estimate of drug-likeness (QED) is 0.518. The molecule has 4 rings (SSSR count). The Hall–Kier alpha value is -3.20. The van der Waals surface area contributed by atoms with Gasteiger partial charge in [-0.2, -0.15) is 0 Å². The number of anilines is 1. The minimum absolute atomic E-state index is 0.826. The van der Waals surface area contributed by atoms with Crippen molar-refractivity contribution < 1.29 is 0 Å². The third-order valence-corrected chi connectivity index (χ3v) is 4.50. The van der Waals surface area contributed by atoms with Gasteiger partial charge in [0.05, 0.1) is 11.2 Å². The molecule has 0 saturated carbocycles. The monoisotopic (exact) mass is 339 g/mol. The highest BCUT2D eigenvalue weighted by atomic mass is 15.0. The fraction of sp³-hybridized carbons (Fsp3) is 0.130. The van der Waals surface area contributed by atoms with Crippen molar-refractivity contribution in [3.8, 4) is 22.4 Å². The number of benzene rings is 2. The third-order valence-electron chi connectivity index (χ3n) is 4.50. The average Bonchev–Trinajstić information content (AvgIpc) is 2.69. The summed E-state index contributed by atoms with van der Waals surface area (Å²) in [5.41, 5.74) is 6.59. The van der Waals surface area contributed by atoms with E-state index in [0.29, 0.717) is 0 Å². The van der Waals surface area contributed by atoms with Crippen LogP contribution in [0.15, 0.2) is 72.9 Å². The Morgan fingerprint density at radius 2 is 1.65 bits per heavy atom. The van der Waals surface area contributed by atoms with Gasteiger partial charge in [-0.05, 0) is 31.5 Å². The Balaban J connectivity index is 2.01. The van der Waals surface area contributed by atoms with Crippen molar-refractivity contribution in [2.24, 2.45) is 0 Å². The fourth-order valence-electron chi connectivity index (χ4n) is 3.17. The number of pyridine rings is 2. The zero-order valence-electron chi connectivity index (χ0n) is 15.0. The second kappa shape index (κ2) is 6.96. The van der Waals surface area contributed by atoms with Crippen molar-refractivity contribution in [2.75, 3.05) is 11.9 Å².